The SMILES string of the molecule is Cc1ccsc1CNCCCC(CCN)C(C)(C)C. The molecule has 19 heavy (non-hydrogen) atoms. The molecule has 1 rings (SSSR count). The van der Waals surface area contributed by atoms with Crippen molar-refractivity contribution in [3.63, 3.8) is 0 Å². The van der Waals surface area contributed by atoms with E-state index in [4.69, 9.17) is 5.73 Å². The van der Waals surface area contributed by atoms with Crippen molar-refractivity contribution in [3.8, 4) is 0 Å². The summed E-state index contributed by atoms with van der Waals surface area (Å²) >= 11 is 1.85. The fourth-order valence-electron chi connectivity index (χ4n) is 2.47. The quantitative estimate of drug-likeness (QED) is 0.709. The average molecular weight is 282 g/mol. The lowest BCUT2D eigenvalue weighted by Crippen LogP contribution is -2.25. The molecule has 2 nitrogen and oxygen atoms in total. The maximum atomic E-state index is 5.72. The molecule has 0 radical (unpaired) electrons. The highest BCUT2D eigenvalue weighted by molar-refractivity contribution is 7.10. The van der Waals surface area contributed by atoms with Gasteiger partial charge in [0.1, 0.15) is 0 Å². The molecule has 0 fully saturated rings. The number of rotatable bonds is 8. The first-order valence-electron chi connectivity index (χ1n) is 7.39. The minimum atomic E-state index is 0.379. The second kappa shape index (κ2) is 8.03. The summed E-state index contributed by atoms with van der Waals surface area (Å²) in [5.41, 5.74) is 7.51. The van der Waals surface area contributed by atoms with Crippen LogP contribution in [0.4, 0.5) is 0 Å². The Morgan fingerprint density at radius 2 is 2.05 bits per heavy atom. The van der Waals surface area contributed by atoms with Crippen molar-refractivity contribution in [2.75, 3.05) is 13.1 Å². The van der Waals surface area contributed by atoms with Crippen LogP contribution in [-0.2, 0) is 6.54 Å². The molecule has 1 atom stereocenters. The largest absolute Gasteiger partial charge is 0.330 e. The van der Waals surface area contributed by atoms with E-state index in [0.717, 1.165) is 32.0 Å². The van der Waals surface area contributed by atoms with E-state index in [0.29, 0.717) is 5.41 Å². The highest BCUT2D eigenvalue weighted by atomic mass is 32.1. The summed E-state index contributed by atoms with van der Waals surface area (Å²) in [6, 6.07) is 2.19. The van der Waals surface area contributed by atoms with Crippen molar-refractivity contribution in [2.24, 2.45) is 17.1 Å². The zero-order chi connectivity index (χ0) is 14.3. The fourth-order valence-corrected chi connectivity index (χ4v) is 3.35. The Kier molecular flexibility index (Phi) is 7.05. The van der Waals surface area contributed by atoms with Gasteiger partial charge in [-0.15, -0.1) is 11.3 Å². The molecule has 0 saturated carbocycles. The molecule has 1 heterocycles. The van der Waals surface area contributed by atoms with Gasteiger partial charge in [0.05, 0.1) is 0 Å². The lowest BCUT2D eigenvalue weighted by molar-refractivity contribution is 0.210. The smallest absolute Gasteiger partial charge is 0.0302 e. The van der Waals surface area contributed by atoms with Gasteiger partial charge in [0, 0.05) is 11.4 Å². The second-order valence-corrected chi connectivity index (χ2v) is 7.49. The van der Waals surface area contributed by atoms with Gasteiger partial charge in [0.15, 0.2) is 0 Å². The zero-order valence-corrected chi connectivity index (χ0v) is 13.8. The van der Waals surface area contributed by atoms with E-state index >= 15 is 0 Å². The van der Waals surface area contributed by atoms with Gasteiger partial charge in [-0.25, -0.2) is 0 Å². The van der Waals surface area contributed by atoms with Crippen LogP contribution in [0.15, 0.2) is 11.4 Å². The summed E-state index contributed by atoms with van der Waals surface area (Å²) in [7, 11) is 0. The highest BCUT2D eigenvalue weighted by Gasteiger charge is 2.22. The third kappa shape index (κ3) is 6.07. The molecule has 3 heteroatoms. The standard InChI is InChI=1S/C16H30N2S/c1-13-8-11-19-15(13)12-18-10-5-6-14(7-9-17)16(2,3)4/h8,11,14,18H,5-7,9-10,12,17H2,1-4H3. The van der Waals surface area contributed by atoms with Gasteiger partial charge < -0.3 is 11.1 Å². The number of hydrogen-bond donors (Lipinski definition) is 2. The van der Waals surface area contributed by atoms with Gasteiger partial charge in [-0.2, -0.15) is 0 Å². The first-order chi connectivity index (χ1) is 8.95. The molecule has 0 saturated heterocycles. The molecule has 0 aromatic carbocycles. The summed E-state index contributed by atoms with van der Waals surface area (Å²) in [5, 5.41) is 5.73. The normalized spacial score (nSPS) is 13.7. The van der Waals surface area contributed by atoms with E-state index in [-0.39, 0.29) is 0 Å². The molecular formula is C16H30N2S. The van der Waals surface area contributed by atoms with Crippen molar-refractivity contribution in [1.29, 1.82) is 0 Å². The van der Waals surface area contributed by atoms with E-state index in [1.54, 1.807) is 0 Å². The number of thiophene rings is 1. The number of nitrogens with one attached hydrogen (secondary N) is 1. The first kappa shape index (κ1) is 16.7. The molecule has 3 N–H and O–H groups in total. The minimum Gasteiger partial charge on any atom is -0.330 e. The molecule has 0 bridgehead atoms. The Hall–Kier alpha value is -0.380. The molecule has 1 aromatic heterocycles. The van der Waals surface area contributed by atoms with Gasteiger partial charge in [-0.1, -0.05) is 20.8 Å². The van der Waals surface area contributed by atoms with Gasteiger partial charge in [0.25, 0.3) is 0 Å². The maximum absolute atomic E-state index is 5.72. The molecule has 0 aliphatic rings. The van der Waals surface area contributed by atoms with Gasteiger partial charge >= 0.3 is 0 Å². The first-order valence-corrected chi connectivity index (χ1v) is 8.27. The summed E-state index contributed by atoms with van der Waals surface area (Å²) in [4.78, 5) is 1.47. The van der Waals surface area contributed by atoms with Gasteiger partial charge in [-0.05, 0) is 67.6 Å². The number of nitrogens with two attached hydrogens (primary N) is 1. The Morgan fingerprint density at radius 3 is 2.58 bits per heavy atom. The predicted molar refractivity (Wildman–Crippen MR) is 86.6 cm³/mol. The lowest BCUT2D eigenvalue weighted by Gasteiger charge is -2.30. The molecule has 0 amide bonds. The van der Waals surface area contributed by atoms with Crippen LogP contribution in [0, 0.1) is 18.3 Å². The van der Waals surface area contributed by atoms with Crippen LogP contribution >= 0.6 is 11.3 Å². The van der Waals surface area contributed by atoms with E-state index in [1.165, 1.54) is 23.3 Å². The van der Waals surface area contributed by atoms with Crippen LogP contribution < -0.4 is 11.1 Å². The van der Waals surface area contributed by atoms with E-state index in [9.17, 15) is 0 Å². The topological polar surface area (TPSA) is 38.0 Å². The van der Waals surface area contributed by atoms with Crippen LogP contribution in [0.3, 0.4) is 0 Å². The Bertz CT molecular complexity index is 352. The number of hydrogen-bond acceptors (Lipinski definition) is 3. The van der Waals surface area contributed by atoms with Crippen LogP contribution in [0.2, 0.25) is 0 Å². The Morgan fingerprint density at radius 1 is 1.32 bits per heavy atom. The minimum absolute atomic E-state index is 0.379. The maximum Gasteiger partial charge on any atom is 0.0302 e. The Labute approximate surface area is 122 Å². The van der Waals surface area contributed by atoms with E-state index < -0.39 is 0 Å². The second-order valence-electron chi connectivity index (χ2n) is 6.49. The lowest BCUT2D eigenvalue weighted by atomic mass is 9.76. The van der Waals surface area contributed by atoms with Crippen molar-refractivity contribution >= 4 is 11.3 Å². The summed E-state index contributed by atoms with van der Waals surface area (Å²) < 4.78 is 0. The summed E-state index contributed by atoms with van der Waals surface area (Å²) in [6.07, 6.45) is 3.66. The summed E-state index contributed by atoms with van der Waals surface area (Å²) in [5.74, 6) is 0.739. The van der Waals surface area contributed by atoms with Crippen molar-refractivity contribution in [1.82, 2.24) is 5.32 Å². The molecule has 110 valence electrons. The third-order valence-electron chi connectivity index (χ3n) is 3.90. The van der Waals surface area contributed by atoms with Crippen LogP contribution in [-0.4, -0.2) is 13.1 Å². The predicted octanol–water partition coefficient (Wildman–Crippen LogP) is 3.94. The highest BCUT2D eigenvalue weighted by Crippen LogP contribution is 2.31. The molecule has 0 aliphatic carbocycles. The zero-order valence-electron chi connectivity index (χ0n) is 13.0. The van der Waals surface area contributed by atoms with Crippen LogP contribution in [0.25, 0.3) is 0 Å². The molecule has 0 spiro atoms. The third-order valence-corrected chi connectivity index (χ3v) is 4.92. The van der Waals surface area contributed by atoms with Crippen LogP contribution in [0.5, 0.6) is 0 Å². The van der Waals surface area contributed by atoms with Gasteiger partial charge in [-0.3, -0.25) is 0 Å². The van der Waals surface area contributed by atoms with Crippen molar-refractivity contribution in [3.05, 3.63) is 21.9 Å². The van der Waals surface area contributed by atoms with Gasteiger partial charge in [0.2, 0.25) is 0 Å². The number of aryl methyl sites for hydroxylation is 1. The van der Waals surface area contributed by atoms with E-state index in [1.807, 2.05) is 11.3 Å². The summed E-state index contributed by atoms with van der Waals surface area (Å²) in [6.45, 7) is 12.1. The average Bonchev–Trinajstić information content (AvgIpc) is 2.72. The van der Waals surface area contributed by atoms with Crippen LogP contribution in [0.1, 0.15) is 50.5 Å². The molecule has 1 aromatic rings. The molecule has 1 unspecified atom stereocenters. The van der Waals surface area contributed by atoms with E-state index in [2.05, 4.69) is 44.5 Å². The molecular weight excluding hydrogens is 252 g/mol. The Balaban J connectivity index is 2.20. The van der Waals surface area contributed by atoms with Crippen molar-refractivity contribution < 1.29 is 0 Å². The monoisotopic (exact) mass is 282 g/mol. The fraction of sp³-hybridized carbons (Fsp3) is 0.750. The van der Waals surface area contributed by atoms with Crippen molar-refractivity contribution in [2.45, 2.75) is 53.5 Å². The molecule has 0 aliphatic heterocycles.